The minimum atomic E-state index is -0.0429. The SMILES string of the molecule is Cc1ccc(C(=O)NCCCN2CCN(C)CC2)cc1NCc1cnc(N)cn1. The smallest absolute Gasteiger partial charge is 0.251 e. The molecule has 3 rings (SSSR count). The molecule has 8 nitrogen and oxygen atoms in total. The van der Waals surface area contributed by atoms with Gasteiger partial charge < -0.3 is 26.2 Å². The van der Waals surface area contributed by atoms with Crippen LogP contribution in [0.25, 0.3) is 0 Å². The fourth-order valence-electron chi connectivity index (χ4n) is 3.27. The second-order valence-electron chi connectivity index (χ2n) is 7.57. The summed E-state index contributed by atoms with van der Waals surface area (Å²) < 4.78 is 0. The summed E-state index contributed by atoms with van der Waals surface area (Å²) in [6.45, 7) is 8.69. The van der Waals surface area contributed by atoms with Crippen molar-refractivity contribution in [2.24, 2.45) is 0 Å². The van der Waals surface area contributed by atoms with Crippen LogP contribution in [0.15, 0.2) is 30.6 Å². The number of aromatic nitrogens is 2. The Bertz CT molecular complexity index is 801. The second-order valence-corrected chi connectivity index (χ2v) is 7.57. The summed E-state index contributed by atoms with van der Waals surface area (Å²) >= 11 is 0. The number of amides is 1. The Kier molecular flexibility index (Phi) is 7.37. The molecule has 1 aromatic heterocycles. The number of nitrogen functional groups attached to an aromatic ring is 1. The Morgan fingerprint density at radius 2 is 1.97 bits per heavy atom. The van der Waals surface area contributed by atoms with E-state index in [0.717, 1.165) is 56.1 Å². The quantitative estimate of drug-likeness (QED) is 0.578. The van der Waals surface area contributed by atoms with Gasteiger partial charge in [0.05, 0.1) is 24.6 Å². The largest absolute Gasteiger partial charge is 0.382 e. The number of anilines is 2. The van der Waals surface area contributed by atoms with Gasteiger partial charge in [0.15, 0.2) is 0 Å². The van der Waals surface area contributed by atoms with Crippen LogP contribution < -0.4 is 16.4 Å². The molecule has 0 saturated carbocycles. The third-order valence-electron chi connectivity index (χ3n) is 5.22. The van der Waals surface area contributed by atoms with Crippen molar-refractivity contribution in [3.8, 4) is 0 Å². The molecular formula is C21H31N7O. The molecule has 1 aliphatic rings. The molecule has 0 bridgehead atoms. The van der Waals surface area contributed by atoms with E-state index < -0.39 is 0 Å². The fourth-order valence-corrected chi connectivity index (χ4v) is 3.27. The molecule has 156 valence electrons. The van der Waals surface area contributed by atoms with Gasteiger partial charge in [-0.25, -0.2) is 4.98 Å². The first kappa shape index (κ1) is 21.0. The number of nitrogens with one attached hydrogen (secondary N) is 2. The molecule has 8 heteroatoms. The summed E-state index contributed by atoms with van der Waals surface area (Å²) in [6.07, 6.45) is 4.15. The average Bonchev–Trinajstić information content (AvgIpc) is 2.73. The summed E-state index contributed by atoms with van der Waals surface area (Å²) in [7, 11) is 2.16. The molecule has 4 N–H and O–H groups in total. The van der Waals surface area contributed by atoms with Gasteiger partial charge in [-0.15, -0.1) is 0 Å². The van der Waals surface area contributed by atoms with Gasteiger partial charge in [0.1, 0.15) is 5.82 Å². The van der Waals surface area contributed by atoms with Crippen LogP contribution in [0.5, 0.6) is 0 Å². The van der Waals surface area contributed by atoms with Gasteiger partial charge in [0.2, 0.25) is 0 Å². The first-order valence-corrected chi connectivity index (χ1v) is 10.1. The standard InChI is InChI=1S/C21H31N7O/c1-16-4-5-17(12-19(16)25-13-18-14-26-20(22)15-24-18)21(29)23-6-3-7-28-10-8-27(2)9-11-28/h4-5,12,14-15,25H,3,6-11,13H2,1-2H3,(H2,22,26)(H,23,29). The highest BCUT2D eigenvalue weighted by molar-refractivity contribution is 5.95. The van der Waals surface area contributed by atoms with Crippen LogP contribution >= 0.6 is 0 Å². The zero-order valence-electron chi connectivity index (χ0n) is 17.3. The van der Waals surface area contributed by atoms with E-state index in [1.54, 1.807) is 6.20 Å². The average molecular weight is 398 g/mol. The van der Waals surface area contributed by atoms with E-state index in [0.29, 0.717) is 24.5 Å². The van der Waals surface area contributed by atoms with E-state index in [4.69, 9.17) is 5.73 Å². The topological polar surface area (TPSA) is 99.4 Å². The highest BCUT2D eigenvalue weighted by atomic mass is 16.1. The lowest BCUT2D eigenvalue weighted by molar-refractivity contribution is 0.0949. The van der Waals surface area contributed by atoms with Crippen LogP contribution in [0.2, 0.25) is 0 Å². The summed E-state index contributed by atoms with van der Waals surface area (Å²) in [4.78, 5) is 25.6. The number of aryl methyl sites for hydroxylation is 1. The predicted molar refractivity (Wildman–Crippen MR) is 116 cm³/mol. The van der Waals surface area contributed by atoms with Gasteiger partial charge in [-0.2, -0.15) is 0 Å². The van der Waals surface area contributed by atoms with Crippen LogP contribution in [0, 0.1) is 6.92 Å². The molecule has 0 radical (unpaired) electrons. The number of benzene rings is 1. The third-order valence-corrected chi connectivity index (χ3v) is 5.22. The molecule has 2 aromatic rings. The number of rotatable bonds is 8. The Hall–Kier alpha value is -2.71. The molecule has 1 saturated heterocycles. The fraction of sp³-hybridized carbons (Fsp3) is 0.476. The molecule has 29 heavy (non-hydrogen) atoms. The molecule has 2 heterocycles. The van der Waals surface area contributed by atoms with Gasteiger partial charge in [-0.1, -0.05) is 6.07 Å². The van der Waals surface area contributed by atoms with Crippen molar-refractivity contribution in [1.82, 2.24) is 25.1 Å². The lowest BCUT2D eigenvalue weighted by Crippen LogP contribution is -2.45. The predicted octanol–water partition coefficient (Wildman–Crippen LogP) is 1.35. The van der Waals surface area contributed by atoms with Gasteiger partial charge in [0.25, 0.3) is 5.91 Å². The minimum absolute atomic E-state index is 0.0429. The number of hydrogen-bond donors (Lipinski definition) is 3. The highest BCUT2D eigenvalue weighted by Crippen LogP contribution is 2.18. The summed E-state index contributed by atoms with van der Waals surface area (Å²) in [5, 5.41) is 6.36. The molecule has 0 aliphatic carbocycles. The van der Waals surface area contributed by atoms with Gasteiger partial charge in [-0.05, 0) is 44.6 Å². The summed E-state index contributed by atoms with van der Waals surface area (Å²) in [6, 6.07) is 5.70. The number of nitrogens with zero attached hydrogens (tertiary/aromatic N) is 4. The molecule has 1 amide bonds. The molecule has 0 unspecified atom stereocenters. The van der Waals surface area contributed by atoms with Gasteiger partial charge >= 0.3 is 0 Å². The molecule has 1 aromatic carbocycles. The molecular weight excluding hydrogens is 366 g/mol. The second kappa shape index (κ2) is 10.2. The number of carbonyl (C=O) groups excluding carboxylic acids is 1. The Balaban J connectivity index is 1.46. The Morgan fingerprint density at radius 1 is 1.17 bits per heavy atom. The zero-order chi connectivity index (χ0) is 20.6. The van der Waals surface area contributed by atoms with E-state index in [2.05, 4.69) is 37.4 Å². The van der Waals surface area contributed by atoms with E-state index in [9.17, 15) is 4.79 Å². The van der Waals surface area contributed by atoms with Crippen LogP contribution in [-0.4, -0.2) is 72.0 Å². The highest BCUT2D eigenvalue weighted by Gasteiger charge is 2.13. The van der Waals surface area contributed by atoms with Crippen molar-refractivity contribution in [3.63, 3.8) is 0 Å². The first-order valence-electron chi connectivity index (χ1n) is 10.1. The number of likely N-dealkylation sites (N-methyl/N-ethyl adjacent to an activating group) is 1. The number of carbonyl (C=O) groups is 1. The van der Waals surface area contributed by atoms with Crippen molar-refractivity contribution in [2.75, 3.05) is 57.4 Å². The maximum absolute atomic E-state index is 12.5. The van der Waals surface area contributed by atoms with E-state index in [1.165, 1.54) is 6.20 Å². The van der Waals surface area contributed by atoms with Crippen molar-refractivity contribution in [3.05, 3.63) is 47.4 Å². The van der Waals surface area contributed by atoms with E-state index in [-0.39, 0.29) is 5.91 Å². The van der Waals surface area contributed by atoms with E-state index >= 15 is 0 Å². The zero-order valence-corrected chi connectivity index (χ0v) is 17.3. The van der Waals surface area contributed by atoms with Crippen LogP contribution in [0.1, 0.15) is 28.0 Å². The summed E-state index contributed by atoms with van der Waals surface area (Å²) in [5.41, 5.74) is 8.99. The maximum Gasteiger partial charge on any atom is 0.251 e. The van der Waals surface area contributed by atoms with Crippen LogP contribution in [0.3, 0.4) is 0 Å². The molecule has 1 aliphatic heterocycles. The van der Waals surface area contributed by atoms with Crippen molar-refractivity contribution in [1.29, 1.82) is 0 Å². The molecule has 0 spiro atoms. The monoisotopic (exact) mass is 397 g/mol. The number of hydrogen-bond acceptors (Lipinski definition) is 7. The minimum Gasteiger partial charge on any atom is -0.382 e. The van der Waals surface area contributed by atoms with Crippen LogP contribution in [-0.2, 0) is 6.54 Å². The Labute approximate surface area is 172 Å². The van der Waals surface area contributed by atoms with Crippen LogP contribution in [0.4, 0.5) is 11.5 Å². The Morgan fingerprint density at radius 3 is 2.69 bits per heavy atom. The normalized spacial score (nSPS) is 15.2. The number of nitrogens with two attached hydrogens (primary N) is 1. The van der Waals surface area contributed by atoms with Gasteiger partial charge in [0, 0.05) is 44.0 Å². The molecule has 0 atom stereocenters. The van der Waals surface area contributed by atoms with Crippen molar-refractivity contribution < 1.29 is 4.79 Å². The third kappa shape index (κ3) is 6.40. The molecule has 1 fully saturated rings. The van der Waals surface area contributed by atoms with Crippen molar-refractivity contribution >= 4 is 17.4 Å². The lowest BCUT2D eigenvalue weighted by Gasteiger charge is -2.32. The maximum atomic E-state index is 12.5. The number of piperazine rings is 1. The summed E-state index contributed by atoms with van der Waals surface area (Å²) in [5.74, 6) is 0.356. The first-order chi connectivity index (χ1) is 14.0. The van der Waals surface area contributed by atoms with Crippen molar-refractivity contribution in [2.45, 2.75) is 19.9 Å². The van der Waals surface area contributed by atoms with Gasteiger partial charge in [-0.3, -0.25) is 9.78 Å². The lowest BCUT2D eigenvalue weighted by atomic mass is 10.1. The van der Waals surface area contributed by atoms with E-state index in [1.807, 2.05) is 25.1 Å².